The van der Waals surface area contributed by atoms with Gasteiger partial charge in [-0.3, -0.25) is 9.52 Å². The highest BCUT2D eigenvalue weighted by Gasteiger charge is 2.25. The number of hydrogen-bond donors (Lipinski definition) is 2. The molecule has 0 aliphatic heterocycles. The summed E-state index contributed by atoms with van der Waals surface area (Å²) in [5, 5.41) is 8.88. The van der Waals surface area contributed by atoms with Crippen LogP contribution in [0.4, 0.5) is 10.1 Å². The number of rotatable bonds is 5. The first kappa shape index (κ1) is 16.9. The van der Waals surface area contributed by atoms with Crippen molar-refractivity contribution in [2.75, 3.05) is 18.0 Å². The van der Waals surface area contributed by atoms with E-state index >= 15 is 0 Å². The molecule has 21 heavy (non-hydrogen) atoms. The molecule has 0 bridgehead atoms. The van der Waals surface area contributed by atoms with E-state index < -0.39 is 33.8 Å². The third-order valence-electron chi connectivity index (χ3n) is 2.77. The van der Waals surface area contributed by atoms with E-state index in [9.17, 15) is 22.4 Å². The van der Waals surface area contributed by atoms with Gasteiger partial charge in [0.15, 0.2) is 0 Å². The molecule has 0 saturated heterocycles. The molecule has 0 heterocycles. The predicted molar refractivity (Wildman–Crippen MR) is 74.1 cm³/mol. The number of hydrogen-bond acceptors (Lipinski definition) is 4. The van der Waals surface area contributed by atoms with Crippen molar-refractivity contribution in [1.29, 1.82) is 0 Å². The predicted octanol–water partition coefficient (Wildman–Crippen LogP) is 0.742. The van der Waals surface area contributed by atoms with Crippen molar-refractivity contribution in [3.8, 4) is 0 Å². The molecule has 0 aliphatic carbocycles. The number of carbonyl (C=O) groups excluding carboxylic acids is 1. The first-order valence-corrected chi connectivity index (χ1v) is 7.69. The lowest BCUT2D eigenvalue weighted by molar-refractivity contribution is -0.141. The van der Waals surface area contributed by atoms with Crippen molar-refractivity contribution in [2.45, 2.75) is 13.0 Å². The van der Waals surface area contributed by atoms with Gasteiger partial charge < -0.3 is 10.0 Å². The summed E-state index contributed by atoms with van der Waals surface area (Å²) >= 11 is 0. The molecule has 0 spiro atoms. The van der Waals surface area contributed by atoms with Crippen LogP contribution in [-0.2, 0) is 14.8 Å². The molecule has 1 amide bonds. The molecule has 0 saturated carbocycles. The fourth-order valence-corrected chi connectivity index (χ4v) is 2.09. The van der Waals surface area contributed by atoms with E-state index in [1.54, 1.807) is 0 Å². The Kier molecular flexibility index (Phi) is 4.89. The molecule has 9 heteroatoms. The normalized spacial score (nSPS) is 12.6. The van der Waals surface area contributed by atoms with Crippen LogP contribution in [0.3, 0.4) is 0 Å². The highest BCUT2D eigenvalue weighted by atomic mass is 32.2. The third kappa shape index (κ3) is 4.42. The van der Waals surface area contributed by atoms with Crippen LogP contribution in [0.1, 0.15) is 17.3 Å². The van der Waals surface area contributed by atoms with Crippen molar-refractivity contribution < 1.29 is 27.5 Å². The van der Waals surface area contributed by atoms with Crippen molar-refractivity contribution in [2.24, 2.45) is 0 Å². The van der Waals surface area contributed by atoms with Gasteiger partial charge in [0, 0.05) is 7.05 Å². The summed E-state index contributed by atoms with van der Waals surface area (Å²) in [7, 11) is -2.44. The number of carboxylic acid groups (broad SMARTS) is 1. The van der Waals surface area contributed by atoms with Gasteiger partial charge in [-0.2, -0.15) is 0 Å². The Morgan fingerprint density at radius 3 is 2.43 bits per heavy atom. The van der Waals surface area contributed by atoms with Gasteiger partial charge in [0.2, 0.25) is 10.0 Å². The first-order valence-electron chi connectivity index (χ1n) is 5.80. The highest BCUT2D eigenvalue weighted by Crippen LogP contribution is 2.20. The quantitative estimate of drug-likeness (QED) is 0.833. The second kappa shape index (κ2) is 6.08. The number of nitrogens with one attached hydrogen (secondary N) is 1. The van der Waals surface area contributed by atoms with Gasteiger partial charge in [0.1, 0.15) is 11.9 Å². The number of nitrogens with zero attached hydrogens (tertiary/aromatic N) is 1. The number of aliphatic carboxylic acids is 1. The van der Waals surface area contributed by atoms with E-state index in [0.717, 1.165) is 29.4 Å². The van der Waals surface area contributed by atoms with Crippen LogP contribution in [0.2, 0.25) is 0 Å². The number of amides is 1. The summed E-state index contributed by atoms with van der Waals surface area (Å²) in [5.41, 5.74) is -0.385. The number of benzene rings is 1. The van der Waals surface area contributed by atoms with Gasteiger partial charge in [0.05, 0.1) is 17.5 Å². The SMILES string of the molecule is CC(C(=O)O)N(C)C(=O)c1cc(F)ccc1NS(C)(=O)=O. The smallest absolute Gasteiger partial charge is 0.326 e. The Morgan fingerprint density at radius 2 is 1.95 bits per heavy atom. The van der Waals surface area contributed by atoms with Crippen LogP contribution in [0.25, 0.3) is 0 Å². The molecule has 1 aromatic rings. The van der Waals surface area contributed by atoms with Crippen LogP contribution in [0, 0.1) is 5.82 Å². The van der Waals surface area contributed by atoms with Crippen molar-refractivity contribution in [1.82, 2.24) is 4.90 Å². The van der Waals surface area contributed by atoms with Gasteiger partial charge >= 0.3 is 5.97 Å². The minimum absolute atomic E-state index is 0.117. The van der Waals surface area contributed by atoms with E-state index in [-0.39, 0.29) is 11.3 Å². The molecular weight excluding hydrogens is 303 g/mol. The monoisotopic (exact) mass is 318 g/mol. The zero-order valence-corrected chi connectivity index (χ0v) is 12.4. The molecule has 0 fully saturated rings. The van der Waals surface area contributed by atoms with E-state index in [1.165, 1.54) is 14.0 Å². The average molecular weight is 318 g/mol. The Labute approximate surface area is 121 Å². The second-order valence-corrected chi connectivity index (χ2v) is 6.24. The fraction of sp³-hybridized carbons (Fsp3) is 0.333. The Balaban J connectivity index is 3.25. The van der Waals surface area contributed by atoms with Crippen molar-refractivity contribution in [3.05, 3.63) is 29.6 Å². The molecule has 1 unspecified atom stereocenters. The topological polar surface area (TPSA) is 104 Å². The Bertz CT molecular complexity index is 674. The van der Waals surface area contributed by atoms with Crippen molar-refractivity contribution >= 4 is 27.6 Å². The van der Waals surface area contributed by atoms with Gasteiger partial charge in [-0.25, -0.2) is 17.6 Å². The van der Waals surface area contributed by atoms with Crippen LogP contribution in [0.5, 0.6) is 0 Å². The van der Waals surface area contributed by atoms with Gasteiger partial charge in [-0.15, -0.1) is 0 Å². The minimum atomic E-state index is -3.67. The standard InChI is InChI=1S/C12H15FN2O5S/c1-7(12(17)18)15(2)11(16)9-6-8(13)4-5-10(9)14-21(3,19)20/h4-7,14H,1-3H3,(H,17,18). The molecule has 0 radical (unpaired) electrons. The maximum absolute atomic E-state index is 13.3. The zero-order chi connectivity index (χ0) is 16.4. The number of halogens is 1. The first-order chi connectivity index (χ1) is 9.53. The lowest BCUT2D eigenvalue weighted by Crippen LogP contribution is -2.40. The maximum atomic E-state index is 13.3. The zero-order valence-electron chi connectivity index (χ0n) is 11.6. The third-order valence-corrected chi connectivity index (χ3v) is 3.36. The number of carbonyl (C=O) groups is 2. The highest BCUT2D eigenvalue weighted by molar-refractivity contribution is 7.92. The van der Waals surface area contributed by atoms with E-state index in [4.69, 9.17) is 5.11 Å². The molecule has 7 nitrogen and oxygen atoms in total. The largest absolute Gasteiger partial charge is 0.480 e. The summed E-state index contributed by atoms with van der Waals surface area (Å²) in [6, 6.07) is 1.79. The van der Waals surface area contributed by atoms with Gasteiger partial charge in [-0.1, -0.05) is 0 Å². The van der Waals surface area contributed by atoms with Gasteiger partial charge in [0.25, 0.3) is 5.91 Å². The van der Waals surface area contributed by atoms with E-state index in [2.05, 4.69) is 4.72 Å². The van der Waals surface area contributed by atoms with Crippen LogP contribution in [0.15, 0.2) is 18.2 Å². The molecule has 2 N–H and O–H groups in total. The van der Waals surface area contributed by atoms with Crippen LogP contribution < -0.4 is 4.72 Å². The summed E-state index contributed by atoms with van der Waals surface area (Å²) in [6.45, 7) is 1.28. The Morgan fingerprint density at radius 1 is 1.38 bits per heavy atom. The molecule has 116 valence electrons. The van der Waals surface area contributed by atoms with E-state index in [1.807, 2.05) is 0 Å². The number of carboxylic acids is 1. The van der Waals surface area contributed by atoms with Crippen LogP contribution in [-0.4, -0.2) is 49.6 Å². The average Bonchev–Trinajstić information content (AvgIpc) is 2.36. The van der Waals surface area contributed by atoms with Gasteiger partial charge in [-0.05, 0) is 25.1 Å². The number of anilines is 1. The summed E-state index contributed by atoms with van der Waals surface area (Å²) in [4.78, 5) is 24.0. The number of likely N-dealkylation sites (N-methyl/N-ethyl adjacent to an activating group) is 1. The molecule has 1 aromatic carbocycles. The van der Waals surface area contributed by atoms with Crippen molar-refractivity contribution in [3.63, 3.8) is 0 Å². The summed E-state index contributed by atoms with van der Waals surface area (Å²) in [6.07, 6.45) is 0.883. The fourth-order valence-electron chi connectivity index (χ4n) is 1.51. The second-order valence-electron chi connectivity index (χ2n) is 4.49. The summed E-state index contributed by atoms with van der Waals surface area (Å²) in [5.74, 6) is -2.79. The molecule has 1 atom stereocenters. The van der Waals surface area contributed by atoms with E-state index in [0.29, 0.717) is 0 Å². The summed E-state index contributed by atoms with van der Waals surface area (Å²) < 4.78 is 37.9. The maximum Gasteiger partial charge on any atom is 0.326 e. The number of sulfonamides is 1. The molecule has 0 aromatic heterocycles. The lowest BCUT2D eigenvalue weighted by atomic mass is 10.1. The molecular formula is C12H15FN2O5S. The minimum Gasteiger partial charge on any atom is -0.480 e. The molecule has 1 rings (SSSR count). The Hall–Kier alpha value is -2.16. The molecule has 0 aliphatic rings. The lowest BCUT2D eigenvalue weighted by Gasteiger charge is -2.22. The van der Waals surface area contributed by atoms with Crippen LogP contribution >= 0.6 is 0 Å².